The minimum Gasteiger partial charge on any atom is -0.458 e. The maximum atomic E-state index is 7.68. The smallest absolute Gasteiger partial charge is 0.256 e. The Morgan fingerprint density at radius 2 is 0.787 bits per heavy atom. The lowest BCUT2D eigenvalue weighted by molar-refractivity contribution is 0.487. The first-order chi connectivity index (χ1) is 39.7. The summed E-state index contributed by atoms with van der Waals surface area (Å²) >= 11 is 0. The summed E-state index contributed by atoms with van der Waals surface area (Å²) in [5.41, 5.74) is 24.3. The molecule has 8 heteroatoms. The van der Waals surface area contributed by atoms with Crippen molar-refractivity contribution in [3.8, 4) is 22.9 Å². The average molecular weight is 1020 g/mol. The number of para-hydroxylation sites is 9. The SMILES string of the molecule is c1ccc(N(c2ccccc2)c2cc3c4c(c2)-n2c5ccccc5c5cccc(c52)B4c2cc4c(cc2O3)N(c2ccccc2)c2cc(-n3c5ccccc5c5ccccc53)cc3c2B4c2ccccc2N3c2ccccc2)cc1. The fraction of sp³-hybridized carbons (Fsp3) is 0. The van der Waals surface area contributed by atoms with Crippen LogP contribution in [-0.2, 0) is 0 Å². The van der Waals surface area contributed by atoms with Gasteiger partial charge in [0.15, 0.2) is 0 Å². The van der Waals surface area contributed by atoms with E-state index in [4.69, 9.17) is 4.74 Å². The molecule has 18 rings (SSSR count). The highest BCUT2D eigenvalue weighted by Gasteiger charge is 2.47. The fourth-order valence-electron chi connectivity index (χ4n) is 14.3. The molecule has 6 heterocycles. The van der Waals surface area contributed by atoms with Gasteiger partial charge in [0.05, 0.1) is 27.9 Å². The minimum atomic E-state index is -0.131. The number of hydrogen-bond donors (Lipinski definition) is 0. The van der Waals surface area contributed by atoms with E-state index in [1.807, 2.05) is 0 Å². The van der Waals surface area contributed by atoms with E-state index in [0.717, 1.165) is 68.4 Å². The lowest BCUT2D eigenvalue weighted by Gasteiger charge is -2.45. The van der Waals surface area contributed by atoms with E-state index in [1.54, 1.807) is 0 Å². The summed E-state index contributed by atoms with van der Waals surface area (Å²) in [4.78, 5) is 7.39. The summed E-state index contributed by atoms with van der Waals surface area (Å²) in [6, 6.07) is 100. The van der Waals surface area contributed by atoms with Crippen LogP contribution in [0.25, 0.3) is 55.0 Å². The number of hydrogen-bond acceptors (Lipinski definition) is 4. The standard InChI is InChI=1S/C72H45B2N5O/c1-5-22-46(23-6-1)75(47-24-7-2-8-25-47)51-42-67-71-69(43-51)80-68-45-64-58(44-59(68)74(71)57-35-21-33-55-54-32-15-19-38-62(54)79(67)72(55)57)73-56-34-16-20-39-63(56)76(48-26-9-3-10-27-48)65-40-50(41-66(70(65)73)77(64)49-28-11-4-12-29-49)78-60-36-17-13-30-52(60)53-31-14-18-37-61(53)78/h1-45H. The van der Waals surface area contributed by atoms with Crippen LogP contribution in [-0.4, -0.2) is 22.6 Å². The van der Waals surface area contributed by atoms with Crippen LogP contribution in [0.2, 0.25) is 0 Å². The van der Waals surface area contributed by atoms with Gasteiger partial charge in [-0.25, -0.2) is 0 Å². The highest BCUT2D eigenvalue weighted by atomic mass is 16.5. The van der Waals surface area contributed by atoms with E-state index >= 15 is 0 Å². The van der Waals surface area contributed by atoms with E-state index in [0.29, 0.717) is 0 Å². The van der Waals surface area contributed by atoms with Crippen molar-refractivity contribution in [1.29, 1.82) is 0 Å². The average Bonchev–Trinajstić information content (AvgIpc) is 3.92. The monoisotopic (exact) mass is 1020 g/mol. The van der Waals surface area contributed by atoms with Crippen LogP contribution in [0.3, 0.4) is 0 Å². The van der Waals surface area contributed by atoms with Crippen molar-refractivity contribution in [2.45, 2.75) is 0 Å². The molecule has 14 aromatic rings. The Bertz CT molecular complexity index is 4810. The zero-order chi connectivity index (χ0) is 52.2. The van der Waals surface area contributed by atoms with Gasteiger partial charge in [0.1, 0.15) is 11.5 Å². The van der Waals surface area contributed by atoms with Gasteiger partial charge in [-0.1, -0.05) is 170 Å². The van der Waals surface area contributed by atoms with Gasteiger partial charge >= 0.3 is 0 Å². The van der Waals surface area contributed by atoms with Crippen molar-refractivity contribution >= 4 is 141 Å². The number of fused-ring (bicyclic) bond motifs is 14. The van der Waals surface area contributed by atoms with Crippen LogP contribution in [0, 0.1) is 0 Å². The maximum Gasteiger partial charge on any atom is 0.256 e. The minimum absolute atomic E-state index is 0.122. The van der Waals surface area contributed by atoms with Crippen LogP contribution < -0.4 is 52.2 Å². The fourth-order valence-corrected chi connectivity index (χ4v) is 14.3. The Morgan fingerprint density at radius 1 is 0.287 bits per heavy atom. The molecular formula is C72H45B2N5O. The van der Waals surface area contributed by atoms with Crippen molar-refractivity contribution in [2.24, 2.45) is 0 Å². The molecular weight excluding hydrogens is 972 g/mol. The van der Waals surface area contributed by atoms with Crippen molar-refractivity contribution in [1.82, 2.24) is 9.13 Å². The molecule has 0 spiro atoms. The Kier molecular flexibility index (Phi) is 9.03. The highest BCUT2D eigenvalue weighted by Crippen LogP contribution is 2.49. The molecule has 0 unspecified atom stereocenters. The second-order valence-electron chi connectivity index (χ2n) is 21.6. The molecule has 0 N–H and O–H groups in total. The van der Waals surface area contributed by atoms with Gasteiger partial charge in [-0.3, -0.25) is 0 Å². The van der Waals surface area contributed by atoms with Crippen molar-refractivity contribution < 1.29 is 4.74 Å². The molecule has 0 bridgehead atoms. The first kappa shape index (κ1) is 43.6. The molecule has 0 fully saturated rings. The number of benzene rings is 12. The van der Waals surface area contributed by atoms with E-state index in [9.17, 15) is 0 Å². The second kappa shape index (κ2) is 16.5. The molecule has 0 amide bonds. The van der Waals surface area contributed by atoms with Crippen molar-refractivity contribution in [3.63, 3.8) is 0 Å². The Morgan fingerprint density at radius 3 is 1.43 bits per heavy atom. The largest absolute Gasteiger partial charge is 0.458 e. The van der Waals surface area contributed by atoms with Gasteiger partial charge in [0.25, 0.3) is 13.4 Å². The summed E-state index contributed by atoms with van der Waals surface area (Å²) in [5, 5.41) is 4.95. The molecule has 0 atom stereocenters. The third-order valence-electron chi connectivity index (χ3n) is 17.4. The Balaban J connectivity index is 0.943. The van der Waals surface area contributed by atoms with E-state index in [-0.39, 0.29) is 13.4 Å². The predicted octanol–water partition coefficient (Wildman–Crippen LogP) is 14.4. The maximum absolute atomic E-state index is 7.68. The van der Waals surface area contributed by atoms with Crippen molar-refractivity contribution in [2.75, 3.05) is 14.7 Å². The normalized spacial score (nSPS) is 13.2. The number of rotatable bonds is 6. The lowest BCUT2D eigenvalue weighted by Crippen LogP contribution is -2.64. The van der Waals surface area contributed by atoms with Gasteiger partial charge in [-0.05, 0) is 124 Å². The molecule has 4 aliphatic heterocycles. The summed E-state index contributed by atoms with van der Waals surface area (Å²) in [6.45, 7) is -0.253. The summed E-state index contributed by atoms with van der Waals surface area (Å²) < 4.78 is 12.7. The third-order valence-corrected chi connectivity index (χ3v) is 17.4. The zero-order valence-electron chi connectivity index (χ0n) is 43.3. The van der Waals surface area contributed by atoms with E-state index in [2.05, 4.69) is 297 Å². The molecule has 370 valence electrons. The number of nitrogens with zero attached hydrogens (tertiary/aromatic N) is 5. The van der Waals surface area contributed by atoms with E-state index in [1.165, 1.54) is 82.1 Å². The summed E-state index contributed by atoms with van der Waals surface area (Å²) in [5.74, 6) is 1.71. The lowest BCUT2D eigenvalue weighted by atomic mass is 9.30. The van der Waals surface area contributed by atoms with Crippen LogP contribution >= 0.6 is 0 Å². The third kappa shape index (κ3) is 5.99. The molecule has 6 nitrogen and oxygen atoms in total. The summed E-state index contributed by atoms with van der Waals surface area (Å²) in [7, 11) is 0. The molecule has 80 heavy (non-hydrogen) atoms. The first-order valence-electron chi connectivity index (χ1n) is 27.7. The number of aromatic nitrogens is 2. The van der Waals surface area contributed by atoms with Crippen molar-refractivity contribution in [3.05, 3.63) is 273 Å². The molecule has 2 aromatic heterocycles. The molecule has 0 radical (unpaired) electrons. The van der Waals surface area contributed by atoms with Gasteiger partial charge in [-0.2, -0.15) is 0 Å². The quantitative estimate of drug-likeness (QED) is 0.155. The van der Waals surface area contributed by atoms with Gasteiger partial charge < -0.3 is 28.6 Å². The van der Waals surface area contributed by atoms with Gasteiger partial charge in [-0.15, -0.1) is 0 Å². The molecule has 4 aliphatic rings. The Hall–Kier alpha value is -10.4. The topological polar surface area (TPSA) is 28.8 Å². The molecule has 0 saturated heterocycles. The van der Waals surface area contributed by atoms with Crippen LogP contribution in [0.1, 0.15) is 0 Å². The van der Waals surface area contributed by atoms with Gasteiger partial charge in [0.2, 0.25) is 0 Å². The molecule has 0 aliphatic carbocycles. The Labute approximate surface area is 463 Å². The van der Waals surface area contributed by atoms with Gasteiger partial charge in [0, 0.05) is 90.4 Å². The second-order valence-corrected chi connectivity index (χ2v) is 21.6. The molecule has 12 aromatic carbocycles. The number of anilines is 9. The first-order valence-corrected chi connectivity index (χ1v) is 27.7. The number of ether oxygens (including phenoxy) is 1. The zero-order valence-corrected chi connectivity index (χ0v) is 43.3. The van der Waals surface area contributed by atoms with E-state index < -0.39 is 0 Å². The predicted molar refractivity (Wildman–Crippen MR) is 335 cm³/mol. The van der Waals surface area contributed by atoms with Crippen LogP contribution in [0.4, 0.5) is 51.2 Å². The van der Waals surface area contributed by atoms with Crippen LogP contribution in [0.15, 0.2) is 273 Å². The molecule has 0 saturated carbocycles. The highest BCUT2D eigenvalue weighted by molar-refractivity contribution is 7.02. The summed E-state index contributed by atoms with van der Waals surface area (Å²) in [6.07, 6.45) is 0. The van der Waals surface area contributed by atoms with Crippen LogP contribution in [0.5, 0.6) is 11.5 Å².